The first-order valence-corrected chi connectivity index (χ1v) is 6.15. The Morgan fingerprint density at radius 2 is 1.83 bits per heavy atom. The van der Waals surface area contributed by atoms with E-state index in [4.69, 9.17) is 5.11 Å². The van der Waals surface area contributed by atoms with E-state index in [-0.39, 0.29) is 0 Å². The van der Waals surface area contributed by atoms with Crippen LogP contribution in [0, 0.1) is 0 Å². The summed E-state index contributed by atoms with van der Waals surface area (Å²) in [7, 11) is 0. The molecule has 1 N–H and O–H groups in total. The summed E-state index contributed by atoms with van der Waals surface area (Å²) in [5, 5.41) is 8.52. The van der Waals surface area contributed by atoms with Gasteiger partial charge in [-0.25, -0.2) is 14.8 Å². The van der Waals surface area contributed by atoms with Crippen LogP contribution in [0.3, 0.4) is 0 Å². The van der Waals surface area contributed by atoms with Crippen LogP contribution in [0.15, 0.2) is 18.5 Å². The van der Waals surface area contributed by atoms with Crippen LogP contribution in [0.1, 0.15) is 32.3 Å². The number of aliphatic carboxylic acids is 1. The minimum absolute atomic E-state index is 0.689. The zero-order valence-corrected chi connectivity index (χ0v) is 10.8. The molecular weight excluding hydrogens is 230 g/mol. The van der Waals surface area contributed by atoms with Crippen molar-refractivity contribution in [2.75, 3.05) is 18.0 Å². The molecule has 1 heterocycles. The van der Waals surface area contributed by atoms with Crippen LogP contribution in [-0.4, -0.2) is 34.1 Å². The van der Waals surface area contributed by atoms with Gasteiger partial charge >= 0.3 is 5.97 Å². The SMILES string of the molecule is CCCN(CCC)c1ncc(/C=C/C(=O)O)cn1. The van der Waals surface area contributed by atoms with E-state index in [0.29, 0.717) is 11.5 Å². The van der Waals surface area contributed by atoms with Gasteiger partial charge in [0, 0.05) is 37.1 Å². The Morgan fingerprint density at radius 3 is 2.28 bits per heavy atom. The monoisotopic (exact) mass is 249 g/mol. The van der Waals surface area contributed by atoms with E-state index in [2.05, 4.69) is 28.7 Å². The van der Waals surface area contributed by atoms with Crippen molar-refractivity contribution in [3.63, 3.8) is 0 Å². The van der Waals surface area contributed by atoms with Crippen molar-refractivity contribution in [3.05, 3.63) is 24.0 Å². The van der Waals surface area contributed by atoms with Gasteiger partial charge in [-0.05, 0) is 18.9 Å². The van der Waals surface area contributed by atoms with Gasteiger partial charge in [0.2, 0.25) is 5.95 Å². The van der Waals surface area contributed by atoms with Crippen molar-refractivity contribution in [1.29, 1.82) is 0 Å². The van der Waals surface area contributed by atoms with Crippen molar-refractivity contribution in [2.24, 2.45) is 0 Å². The zero-order valence-electron chi connectivity index (χ0n) is 10.8. The highest BCUT2D eigenvalue weighted by Gasteiger charge is 2.06. The Kier molecular flexibility index (Phi) is 5.84. The summed E-state index contributed by atoms with van der Waals surface area (Å²) >= 11 is 0. The van der Waals surface area contributed by atoms with Crippen molar-refractivity contribution < 1.29 is 9.90 Å². The number of hydrogen-bond acceptors (Lipinski definition) is 4. The van der Waals surface area contributed by atoms with E-state index in [1.54, 1.807) is 12.4 Å². The molecular formula is C13H19N3O2. The summed E-state index contributed by atoms with van der Waals surface area (Å²) in [5.74, 6) is -0.274. The van der Waals surface area contributed by atoms with Crippen LogP contribution in [0.2, 0.25) is 0 Å². The number of nitrogens with zero attached hydrogens (tertiary/aromatic N) is 3. The Bertz CT molecular complexity index is 395. The van der Waals surface area contributed by atoms with Gasteiger partial charge in [-0.15, -0.1) is 0 Å². The summed E-state index contributed by atoms with van der Waals surface area (Å²) in [6.45, 7) is 6.09. The molecule has 0 fully saturated rings. The average Bonchev–Trinajstić information content (AvgIpc) is 2.37. The van der Waals surface area contributed by atoms with Gasteiger partial charge in [-0.3, -0.25) is 0 Å². The third kappa shape index (κ3) is 4.53. The van der Waals surface area contributed by atoms with Gasteiger partial charge < -0.3 is 10.0 Å². The van der Waals surface area contributed by atoms with E-state index >= 15 is 0 Å². The van der Waals surface area contributed by atoms with Crippen LogP contribution >= 0.6 is 0 Å². The van der Waals surface area contributed by atoms with Crippen LogP contribution in [0.4, 0.5) is 5.95 Å². The molecule has 1 rings (SSSR count). The summed E-state index contributed by atoms with van der Waals surface area (Å²) < 4.78 is 0. The fourth-order valence-electron chi connectivity index (χ4n) is 1.60. The average molecular weight is 249 g/mol. The molecule has 1 aromatic heterocycles. The van der Waals surface area contributed by atoms with Crippen molar-refractivity contribution in [3.8, 4) is 0 Å². The van der Waals surface area contributed by atoms with E-state index < -0.39 is 5.97 Å². The molecule has 1 aromatic rings. The summed E-state index contributed by atoms with van der Waals surface area (Å²) in [6, 6.07) is 0. The van der Waals surface area contributed by atoms with Crippen molar-refractivity contribution >= 4 is 18.0 Å². The van der Waals surface area contributed by atoms with E-state index in [9.17, 15) is 4.79 Å². The van der Waals surface area contributed by atoms with Crippen LogP contribution in [0.25, 0.3) is 6.08 Å². The van der Waals surface area contributed by atoms with Gasteiger partial charge in [0.15, 0.2) is 0 Å². The van der Waals surface area contributed by atoms with Gasteiger partial charge in [-0.1, -0.05) is 13.8 Å². The summed E-state index contributed by atoms with van der Waals surface area (Å²) in [6.07, 6.45) is 7.93. The third-order valence-electron chi connectivity index (χ3n) is 2.35. The molecule has 0 aliphatic heterocycles. The third-order valence-corrected chi connectivity index (χ3v) is 2.35. The molecule has 18 heavy (non-hydrogen) atoms. The summed E-state index contributed by atoms with van der Waals surface area (Å²) in [4.78, 5) is 21.0. The van der Waals surface area contributed by atoms with E-state index in [1.807, 2.05) is 0 Å². The largest absolute Gasteiger partial charge is 0.478 e. The van der Waals surface area contributed by atoms with Crippen LogP contribution in [0.5, 0.6) is 0 Å². The van der Waals surface area contributed by atoms with Gasteiger partial charge in [0.25, 0.3) is 0 Å². The topological polar surface area (TPSA) is 66.3 Å². The molecule has 0 saturated heterocycles. The van der Waals surface area contributed by atoms with Gasteiger partial charge in [0.1, 0.15) is 0 Å². The number of rotatable bonds is 7. The van der Waals surface area contributed by atoms with Crippen LogP contribution < -0.4 is 4.90 Å². The zero-order chi connectivity index (χ0) is 13.4. The molecule has 0 unspecified atom stereocenters. The standard InChI is InChI=1S/C13H19N3O2/c1-3-7-16(8-4-2)13-14-9-11(10-15-13)5-6-12(17)18/h5-6,9-10H,3-4,7-8H2,1-2H3,(H,17,18)/b6-5+. The molecule has 0 saturated carbocycles. The normalized spacial score (nSPS) is 10.8. The second kappa shape index (κ2) is 7.42. The maximum atomic E-state index is 10.4. The number of hydrogen-bond donors (Lipinski definition) is 1. The molecule has 0 aliphatic rings. The Labute approximate surface area is 107 Å². The predicted octanol–water partition coefficient (Wildman–Crippen LogP) is 2.20. The molecule has 0 radical (unpaired) electrons. The quantitative estimate of drug-likeness (QED) is 0.750. The molecule has 0 amide bonds. The van der Waals surface area contributed by atoms with Crippen molar-refractivity contribution in [2.45, 2.75) is 26.7 Å². The lowest BCUT2D eigenvalue weighted by Crippen LogP contribution is -2.26. The van der Waals surface area contributed by atoms with E-state index in [0.717, 1.165) is 32.0 Å². The maximum absolute atomic E-state index is 10.4. The van der Waals surface area contributed by atoms with Gasteiger partial charge in [-0.2, -0.15) is 0 Å². The molecule has 0 aliphatic carbocycles. The molecule has 0 bridgehead atoms. The number of carbonyl (C=O) groups is 1. The number of aromatic nitrogens is 2. The fourth-order valence-corrected chi connectivity index (χ4v) is 1.60. The molecule has 98 valence electrons. The second-order valence-electron chi connectivity index (χ2n) is 3.98. The molecule has 0 spiro atoms. The number of carboxylic acid groups (broad SMARTS) is 1. The smallest absolute Gasteiger partial charge is 0.328 e. The highest BCUT2D eigenvalue weighted by Crippen LogP contribution is 2.09. The molecule has 0 aromatic carbocycles. The first-order valence-electron chi connectivity index (χ1n) is 6.15. The van der Waals surface area contributed by atoms with Crippen molar-refractivity contribution in [1.82, 2.24) is 9.97 Å². The maximum Gasteiger partial charge on any atom is 0.328 e. The first-order chi connectivity index (χ1) is 8.67. The number of carboxylic acids is 1. The second-order valence-corrected chi connectivity index (χ2v) is 3.98. The lowest BCUT2D eigenvalue weighted by molar-refractivity contribution is -0.131. The predicted molar refractivity (Wildman–Crippen MR) is 71.5 cm³/mol. The summed E-state index contributed by atoms with van der Waals surface area (Å²) in [5.41, 5.74) is 0.689. The first kappa shape index (κ1) is 14.2. The fraction of sp³-hybridized carbons (Fsp3) is 0.462. The Morgan fingerprint density at radius 1 is 1.28 bits per heavy atom. The Hall–Kier alpha value is -1.91. The minimum atomic E-state index is -0.974. The number of anilines is 1. The van der Waals surface area contributed by atoms with Gasteiger partial charge in [0.05, 0.1) is 0 Å². The molecule has 5 heteroatoms. The molecule has 0 atom stereocenters. The molecule has 5 nitrogen and oxygen atoms in total. The lowest BCUT2D eigenvalue weighted by Gasteiger charge is -2.20. The van der Waals surface area contributed by atoms with E-state index in [1.165, 1.54) is 6.08 Å². The minimum Gasteiger partial charge on any atom is -0.478 e. The van der Waals surface area contributed by atoms with Crippen LogP contribution in [-0.2, 0) is 4.79 Å². The highest BCUT2D eigenvalue weighted by molar-refractivity contribution is 5.85. The Balaban J connectivity index is 2.76. The lowest BCUT2D eigenvalue weighted by atomic mass is 10.3. The highest BCUT2D eigenvalue weighted by atomic mass is 16.4.